The number of rotatable bonds is 3. The number of aliphatic hydroxyl groups excluding tert-OH is 1. The smallest absolute Gasteiger partial charge is 0.0497 e. The van der Waals surface area contributed by atoms with Crippen LogP contribution >= 0.6 is 11.6 Å². The van der Waals surface area contributed by atoms with Gasteiger partial charge in [0.1, 0.15) is 0 Å². The molecule has 0 saturated carbocycles. The number of hydrogen-bond donors (Lipinski definition) is 1. The van der Waals surface area contributed by atoms with Crippen LogP contribution in [0.15, 0.2) is 18.2 Å². The van der Waals surface area contributed by atoms with Crippen LogP contribution < -0.4 is 0 Å². The highest BCUT2D eigenvalue weighted by Crippen LogP contribution is 2.22. The van der Waals surface area contributed by atoms with Gasteiger partial charge in [-0.3, -0.25) is 0 Å². The molecule has 1 atom stereocenters. The van der Waals surface area contributed by atoms with Gasteiger partial charge in [-0.2, -0.15) is 0 Å². The Hall–Kier alpha value is -0.530. The van der Waals surface area contributed by atoms with Gasteiger partial charge >= 0.3 is 0 Å². The summed E-state index contributed by atoms with van der Waals surface area (Å²) in [6.07, 6.45) is 0.951. The molecule has 0 aliphatic carbocycles. The predicted octanol–water partition coefficient (Wildman–Crippen LogP) is 3.00. The average Bonchev–Trinajstić information content (AvgIpc) is 2.16. The number of hydrogen-bond acceptors (Lipinski definition) is 1. The highest BCUT2D eigenvalue weighted by molar-refractivity contribution is 6.31. The van der Waals surface area contributed by atoms with Gasteiger partial charge in [0.2, 0.25) is 0 Å². The quantitative estimate of drug-likeness (QED) is 0.792. The highest BCUT2D eigenvalue weighted by Gasteiger charge is 2.05. The lowest BCUT2D eigenvalue weighted by molar-refractivity contribution is 0.273. The molecular formula is C11H15ClO. The SMILES string of the molecule is CCc1ccc(C(C)CO)cc1Cl. The summed E-state index contributed by atoms with van der Waals surface area (Å²) in [4.78, 5) is 0. The average molecular weight is 199 g/mol. The summed E-state index contributed by atoms with van der Waals surface area (Å²) in [5, 5.41) is 9.77. The molecule has 1 unspecified atom stereocenters. The van der Waals surface area contributed by atoms with Crippen molar-refractivity contribution in [2.75, 3.05) is 6.61 Å². The van der Waals surface area contributed by atoms with Gasteiger partial charge in [-0.1, -0.05) is 37.6 Å². The van der Waals surface area contributed by atoms with E-state index in [1.165, 1.54) is 0 Å². The van der Waals surface area contributed by atoms with Crippen LogP contribution in [0.3, 0.4) is 0 Å². The van der Waals surface area contributed by atoms with E-state index >= 15 is 0 Å². The lowest BCUT2D eigenvalue weighted by Crippen LogP contribution is -1.99. The Labute approximate surface area is 84.4 Å². The summed E-state index contributed by atoms with van der Waals surface area (Å²) in [5.74, 6) is 0.170. The summed E-state index contributed by atoms with van der Waals surface area (Å²) in [5.41, 5.74) is 2.26. The molecular weight excluding hydrogens is 184 g/mol. The second-order valence-electron chi connectivity index (χ2n) is 3.29. The fourth-order valence-corrected chi connectivity index (χ4v) is 1.58. The van der Waals surface area contributed by atoms with Crippen LogP contribution in [-0.2, 0) is 6.42 Å². The molecule has 0 aliphatic rings. The van der Waals surface area contributed by atoms with Crippen LogP contribution in [0.2, 0.25) is 5.02 Å². The Morgan fingerprint density at radius 2 is 2.15 bits per heavy atom. The van der Waals surface area contributed by atoms with Crippen molar-refractivity contribution in [2.45, 2.75) is 26.2 Å². The molecule has 13 heavy (non-hydrogen) atoms. The van der Waals surface area contributed by atoms with Gasteiger partial charge in [-0.25, -0.2) is 0 Å². The molecule has 0 aromatic heterocycles. The Kier molecular flexibility index (Phi) is 3.76. The van der Waals surface area contributed by atoms with Crippen molar-refractivity contribution in [1.82, 2.24) is 0 Å². The van der Waals surface area contributed by atoms with Gasteiger partial charge in [-0.15, -0.1) is 0 Å². The molecule has 1 nitrogen and oxygen atoms in total. The lowest BCUT2D eigenvalue weighted by atomic mass is 10.00. The van der Waals surface area contributed by atoms with Crippen molar-refractivity contribution in [3.05, 3.63) is 34.3 Å². The molecule has 0 spiro atoms. The first-order chi connectivity index (χ1) is 6.19. The van der Waals surface area contributed by atoms with Crippen molar-refractivity contribution < 1.29 is 5.11 Å². The normalized spacial score (nSPS) is 12.9. The number of aryl methyl sites for hydroxylation is 1. The van der Waals surface area contributed by atoms with E-state index in [4.69, 9.17) is 16.7 Å². The fourth-order valence-electron chi connectivity index (χ4n) is 1.26. The summed E-state index contributed by atoms with van der Waals surface area (Å²) in [7, 11) is 0. The number of aliphatic hydroxyl groups is 1. The van der Waals surface area contributed by atoms with Gasteiger partial charge in [0.15, 0.2) is 0 Å². The Balaban J connectivity index is 2.95. The van der Waals surface area contributed by atoms with Crippen LogP contribution in [0.5, 0.6) is 0 Å². The first kappa shape index (κ1) is 10.6. The monoisotopic (exact) mass is 198 g/mol. The summed E-state index contributed by atoms with van der Waals surface area (Å²) < 4.78 is 0. The third kappa shape index (κ3) is 2.45. The van der Waals surface area contributed by atoms with E-state index < -0.39 is 0 Å². The van der Waals surface area contributed by atoms with Crippen LogP contribution in [0.4, 0.5) is 0 Å². The second-order valence-corrected chi connectivity index (χ2v) is 3.70. The van der Waals surface area contributed by atoms with Gasteiger partial charge < -0.3 is 5.11 Å². The highest BCUT2D eigenvalue weighted by atomic mass is 35.5. The molecule has 2 heteroatoms. The van der Waals surface area contributed by atoms with E-state index in [0.29, 0.717) is 0 Å². The first-order valence-corrected chi connectivity index (χ1v) is 4.96. The summed E-state index contributed by atoms with van der Waals surface area (Å²) in [6, 6.07) is 6.01. The standard InChI is InChI=1S/C11H15ClO/c1-3-9-4-5-10(6-11(9)12)8(2)7-13/h4-6,8,13H,3,7H2,1-2H3. The van der Waals surface area contributed by atoms with Crippen molar-refractivity contribution in [3.63, 3.8) is 0 Å². The topological polar surface area (TPSA) is 20.2 Å². The van der Waals surface area contributed by atoms with Gasteiger partial charge in [0.25, 0.3) is 0 Å². The van der Waals surface area contributed by atoms with E-state index in [2.05, 4.69) is 6.92 Å². The zero-order valence-electron chi connectivity index (χ0n) is 8.05. The minimum Gasteiger partial charge on any atom is -0.396 e. The number of halogens is 1. The molecule has 1 aromatic carbocycles. The van der Waals surface area contributed by atoms with Crippen LogP contribution in [0, 0.1) is 0 Å². The second kappa shape index (κ2) is 4.64. The minimum absolute atomic E-state index is 0.168. The van der Waals surface area contributed by atoms with Gasteiger partial charge in [0.05, 0.1) is 0 Å². The molecule has 1 aromatic rings. The zero-order chi connectivity index (χ0) is 9.84. The molecule has 0 amide bonds. The molecule has 0 saturated heterocycles. The summed E-state index contributed by atoms with van der Waals surface area (Å²) in [6.45, 7) is 4.23. The van der Waals surface area contributed by atoms with Crippen molar-refractivity contribution >= 4 is 11.6 Å². The molecule has 0 fully saturated rings. The molecule has 72 valence electrons. The largest absolute Gasteiger partial charge is 0.396 e. The summed E-state index contributed by atoms with van der Waals surface area (Å²) >= 11 is 6.05. The predicted molar refractivity (Wildman–Crippen MR) is 56.3 cm³/mol. The Bertz CT molecular complexity index is 283. The molecule has 0 heterocycles. The van der Waals surface area contributed by atoms with Crippen molar-refractivity contribution in [2.24, 2.45) is 0 Å². The number of benzene rings is 1. The fraction of sp³-hybridized carbons (Fsp3) is 0.455. The molecule has 1 N–H and O–H groups in total. The zero-order valence-corrected chi connectivity index (χ0v) is 8.80. The van der Waals surface area contributed by atoms with E-state index in [1.54, 1.807) is 0 Å². The van der Waals surface area contributed by atoms with Crippen molar-refractivity contribution in [1.29, 1.82) is 0 Å². The van der Waals surface area contributed by atoms with E-state index in [1.807, 2.05) is 25.1 Å². The molecule has 1 rings (SSSR count). The maximum absolute atomic E-state index is 8.96. The van der Waals surface area contributed by atoms with Crippen LogP contribution in [0.1, 0.15) is 30.9 Å². The minimum atomic E-state index is 0.168. The third-order valence-electron chi connectivity index (χ3n) is 2.30. The van der Waals surface area contributed by atoms with Gasteiger partial charge in [-0.05, 0) is 23.6 Å². The molecule has 0 radical (unpaired) electrons. The molecule has 0 aliphatic heterocycles. The van der Waals surface area contributed by atoms with Crippen molar-refractivity contribution in [3.8, 4) is 0 Å². The third-order valence-corrected chi connectivity index (χ3v) is 2.65. The lowest BCUT2D eigenvalue weighted by Gasteiger charge is -2.10. The maximum atomic E-state index is 8.96. The maximum Gasteiger partial charge on any atom is 0.0497 e. The van der Waals surface area contributed by atoms with Crippen LogP contribution in [0.25, 0.3) is 0 Å². The van der Waals surface area contributed by atoms with E-state index in [0.717, 1.165) is 22.6 Å². The molecule has 0 bridgehead atoms. The Morgan fingerprint density at radius 3 is 2.62 bits per heavy atom. The van der Waals surface area contributed by atoms with E-state index in [9.17, 15) is 0 Å². The van der Waals surface area contributed by atoms with Gasteiger partial charge in [0, 0.05) is 17.5 Å². The van der Waals surface area contributed by atoms with Crippen LogP contribution in [-0.4, -0.2) is 11.7 Å². The van der Waals surface area contributed by atoms with E-state index in [-0.39, 0.29) is 12.5 Å². The first-order valence-electron chi connectivity index (χ1n) is 4.58. The Morgan fingerprint density at radius 1 is 1.46 bits per heavy atom.